The van der Waals surface area contributed by atoms with Crippen molar-refractivity contribution < 1.29 is 17.6 Å². The van der Waals surface area contributed by atoms with Crippen LogP contribution in [0.15, 0.2) is 30.3 Å². The Hall–Kier alpha value is -1.33. The summed E-state index contributed by atoms with van der Waals surface area (Å²) < 4.78 is 51.4. The summed E-state index contributed by atoms with van der Waals surface area (Å²) >= 11 is 11.7. The number of hydrogen-bond acceptors (Lipinski definition) is 1. The first-order valence-corrected chi connectivity index (χ1v) is 5.74. The molecule has 0 atom stereocenters. The molecule has 2 rings (SSSR count). The fourth-order valence-corrected chi connectivity index (χ4v) is 2.08. The minimum atomic E-state index is -4.67. The van der Waals surface area contributed by atoms with Crippen molar-refractivity contribution >= 4 is 23.2 Å². The monoisotopic (exact) mass is 309 g/mol. The maximum Gasteiger partial charge on any atom is 0.433 e. The number of aromatic nitrogens is 1. The minimum Gasteiger partial charge on any atom is -0.240 e. The highest BCUT2D eigenvalue weighted by Crippen LogP contribution is 2.37. The molecular weight excluding hydrogens is 305 g/mol. The average molecular weight is 310 g/mol. The molecule has 0 fully saturated rings. The van der Waals surface area contributed by atoms with Crippen LogP contribution in [0.25, 0.3) is 11.3 Å². The standard InChI is InChI=1S/C12H5Cl2F4N/c13-6-2-1-3-7(14)10(6)11-8(15)4-5-9(19-11)12(16,17)18/h1-5H. The molecule has 1 heterocycles. The largest absolute Gasteiger partial charge is 0.433 e. The van der Waals surface area contributed by atoms with Crippen molar-refractivity contribution in [2.24, 2.45) is 0 Å². The van der Waals surface area contributed by atoms with Crippen molar-refractivity contribution in [3.05, 3.63) is 51.9 Å². The number of rotatable bonds is 1. The second kappa shape index (κ2) is 4.98. The van der Waals surface area contributed by atoms with Gasteiger partial charge in [-0.1, -0.05) is 29.3 Å². The van der Waals surface area contributed by atoms with E-state index in [9.17, 15) is 17.6 Å². The molecule has 0 saturated heterocycles. The van der Waals surface area contributed by atoms with Crippen molar-refractivity contribution in [3.63, 3.8) is 0 Å². The summed E-state index contributed by atoms with van der Waals surface area (Å²) in [5.41, 5.74) is -1.79. The summed E-state index contributed by atoms with van der Waals surface area (Å²) in [6.07, 6.45) is -4.67. The van der Waals surface area contributed by atoms with Crippen LogP contribution in [0.2, 0.25) is 10.0 Å². The Labute approximate surface area is 115 Å². The molecule has 0 amide bonds. The van der Waals surface area contributed by atoms with Crippen LogP contribution in [0, 0.1) is 5.82 Å². The Morgan fingerprint density at radius 2 is 1.53 bits per heavy atom. The Morgan fingerprint density at radius 3 is 2.05 bits per heavy atom. The Balaban J connectivity index is 2.69. The van der Waals surface area contributed by atoms with Gasteiger partial charge in [0.2, 0.25) is 0 Å². The van der Waals surface area contributed by atoms with Crippen LogP contribution in [0.5, 0.6) is 0 Å². The summed E-state index contributed by atoms with van der Waals surface area (Å²) in [6.45, 7) is 0. The molecule has 1 aromatic heterocycles. The highest BCUT2D eigenvalue weighted by Gasteiger charge is 2.33. The van der Waals surface area contributed by atoms with E-state index in [4.69, 9.17) is 23.2 Å². The lowest BCUT2D eigenvalue weighted by atomic mass is 10.1. The van der Waals surface area contributed by atoms with E-state index in [1.165, 1.54) is 18.2 Å². The summed E-state index contributed by atoms with van der Waals surface area (Å²) in [7, 11) is 0. The minimum absolute atomic E-state index is 0.0261. The van der Waals surface area contributed by atoms with Gasteiger partial charge in [-0.05, 0) is 24.3 Å². The molecule has 19 heavy (non-hydrogen) atoms. The lowest BCUT2D eigenvalue weighted by Crippen LogP contribution is -2.09. The van der Waals surface area contributed by atoms with Crippen molar-refractivity contribution in [1.82, 2.24) is 4.98 Å². The molecule has 0 radical (unpaired) electrons. The van der Waals surface area contributed by atoms with E-state index in [1.807, 2.05) is 0 Å². The van der Waals surface area contributed by atoms with Crippen LogP contribution in [0.1, 0.15) is 5.69 Å². The first kappa shape index (κ1) is 14.1. The van der Waals surface area contributed by atoms with Gasteiger partial charge in [0.15, 0.2) is 0 Å². The maximum absolute atomic E-state index is 13.7. The lowest BCUT2D eigenvalue weighted by molar-refractivity contribution is -0.141. The normalized spacial score (nSPS) is 11.7. The van der Waals surface area contributed by atoms with Gasteiger partial charge in [-0.3, -0.25) is 0 Å². The summed E-state index contributed by atoms with van der Waals surface area (Å²) in [5, 5.41) is 0.0523. The molecule has 0 spiro atoms. The topological polar surface area (TPSA) is 12.9 Å². The van der Waals surface area contributed by atoms with E-state index in [0.717, 1.165) is 0 Å². The molecule has 0 saturated carbocycles. The van der Waals surface area contributed by atoms with Crippen molar-refractivity contribution in [1.29, 1.82) is 0 Å². The predicted octanol–water partition coefficient (Wildman–Crippen LogP) is 5.21. The molecule has 1 nitrogen and oxygen atoms in total. The third-order valence-electron chi connectivity index (χ3n) is 2.34. The van der Waals surface area contributed by atoms with Gasteiger partial charge < -0.3 is 0 Å². The summed E-state index contributed by atoms with van der Waals surface area (Å²) in [6, 6.07) is 5.53. The Morgan fingerprint density at radius 1 is 0.947 bits per heavy atom. The molecule has 0 unspecified atom stereocenters. The highest BCUT2D eigenvalue weighted by atomic mass is 35.5. The summed E-state index contributed by atoms with van der Waals surface area (Å²) in [4.78, 5) is 3.27. The van der Waals surface area contributed by atoms with Gasteiger partial charge in [0.1, 0.15) is 17.2 Å². The molecule has 100 valence electrons. The van der Waals surface area contributed by atoms with Crippen LogP contribution in [-0.2, 0) is 6.18 Å². The van der Waals surface area contributed by atoms with E-state index in [2.05, 4.69) is 4.98 Å². The van der Waals surface area contributed by atoms with E-state index in [0.29, 0.717) is 12.1 Å². The molecule has 1 aromatic carbocycles. The Kier molecular flexibility index (Phi) is 3.69. The SMILES string of the molecule is Fc1ccc(C(F)(F)F)nc1-c1c(Cl)cccc1Cl. The van der Waals surface area contributed by atoms with Crippen molar-refractivity contribution in [2.75, 3.05) is 0 Å². The van der Waals surface area contributed by atoms with Gasteiger partial charge >= 0.3 is 6.18 Å². The third kappa shape index (κ3) is 2.82. The fraction of sp³-hybridized carbons (Fsp3) is 0.0833. The van der Waals surface area contributed by atoms with Gasteiger partial charge in [0.25, 0.3) is 0 Å². The second-order valence-corrected chi connectivity index (χ2v) is 4.44. The van der Waals surface area contributed by atoms with Crippen molar-refractivity contribution in [2.45, 2.75) is 6.18 Å². The molecule has 0 aliphatic carbocycles. The number of alkyl halides is 3. The smallest absolute Gasteiger partial charge is 0.240 e. The zero-order valence-corrected chi connectivity index (χ0v) is 10.6. The van der Waals surface area contributed by atoms with Gasteiger partial charge in [-0.25, -0.2) is 9.37 Å². The van der Waals surface area contributed by atoms with E-state index in [-0.39, 0.29) is 15.6 Å². The maximum atomic E-state index is 13.7. The van der Waals surface area contributed by atoms with Crippen LogP contribution in [0.4, 0.5) is 17.6 Å². The molecule has 0 aliphatic heterocycles. The highest BCUT2D eigenvalue weighted by molar-refractivity contribution is 6.39. The summed E-state index contributed by atoms with van der Waals surface area (Å²) in [5.74, 6) is -0.928. The van der Waals surface area contributed by atoms with Gasteiger partial charge in [0, 0.05) is 5.56 Å². The lowest BCUT2D eigenvalue weighted by Gasteiger charge is -2.11. The number of nitrogens with zero attached hydrogens (tertiary/aromatic N) is 1. The molecule has 0 bridgehead atoms. The number of benzene rings is 1. The Bertz CT molecular complexity index is 605. The van der Waals surface area contributed by atoms with Crippen LogP contribution in [0.3, 0.4) is 0 Å². The number of halogens is 6. The van der Waals surface area contributed by atoms with Gasteiger partial charge in [-0.15, -0.1) is 0 Å². The average Bonchev–Trinajstić information content (AvgIpc) is 2.29. The van der Waals surface area contributed by atoms with Crippen LogP contribution in [-0.4, -0.2) is 4.98 Å². The van der Waals surface area contributed by atoms with E-state index in [1.54, 1.807) is 0 Å². The van der Waals surface area contributed by atoms with Gasteiger partial charge in [-0.2, -0.15) is 13.2 Å². The first-order valence-electron chi connectivity index (χ1n) is 4.99. The number of hydrogen-bond donors (Lipinski definition) is 0. The fourth-order valence-electron chi connectivity index (χ4n) is 1.50. The first-order chi connectivity index (χ1) is 8.80. The van der Waals surface area contributed by atoms with E-state index < -0.39 is 23.4 Å². The second-order valence-electron chi connectivity index (χ2n) is 3.62. The molecule has 0 N–H and O–H groups in total. The molecule has 7 heteroatoms. The third-order valence-corrected chi connectivity index (χ3v) is 2.97. The van der Waals surface area contributed by atoms with Crippen LogP contribution < -0.4 is 0 Å². The van der Waals surface area contributed by atoms with Crippen molar-refractivity contribution in [3.8, 4) is 11.3 Å². The van der Waals surface area contributed by atoms with Gasteiger partial charge in [0.05, 0.1) is 10.0 Å². The quantitative estimate of drug-likeness (QED) is 0.659. The van der Waals surface area contributed by atoms with Crippen LogP contribution >= 0.6 is 23.2 Å². The zero-order valence-electron chi connectivity index (χ0n) is 9.10. The molecule has 2 aromatic rings. The molecule has 0 aliphatic rings. The number of pyridine rings is 1. The van der Waals surface area contributed by atoms with E-state index >= 15 is 0 Å². The molecular formula is C12H5Cl2F4N. The zero-order chi connectivity index (χ0) is 14.2. The predicted molar refractivity (Wildman–Crippen MR) is 64.7 cm³/mol.